The van der Waals surface area contributed by atoms with Gasteiger partial charge in [-0.15, -0.1) is 0 Å². The molecule has 3 heteroatoms. The maximum atomic E-state index is 12.9. The maximum Gasteiger partial charge on any atom is 0.257 e. The number of aromatic nitrogens is 1. The van der Waals surface area contributed by atoms with E-state index in [0.29, 0.717) is 11.6 Å². The van der Waals surface area contributed by atoms with Crippen LogP contribution >= 0.6 is 0 Å². The minimum absolute atomic E-state index is 0.0361. The third-order valence-electron chi connectivity index (χ3n) is 3.37. The molecule has 1 aliphatic carbocycles. The highest BCUT2D eigenvalue weighted by Gasteiger charge is 2.24. The number of pyridine rings is 1. The van der Waals surface area contributed by atoms with Crippen molar-refractivity contribution in [3.63, 3.8) is 0 Å². The highest BCUT2D eigenvalue weighted by molar-refractivity contribution is 5.36. The van der Waals surface area contributed by atoms with E-state index in [0.717, 1.165) is 5.56 Å². The monoisotopic (exact) mass is 243 g/mol. The highest BCUT2D eigenvalue weighted by atomic mass is 19.1. The highest BCUT2D eigenvalue weighted by Crippen LogP contribution is 2.39. The van der Waals surface area contributed by atoms with Crippen molar-refractivity contribution in [2.75, 3.05) is 0 Å². The number of hydrogen-bond acceptors (Lipinski definition) is 1. The van der Waals surface area contributed by atoms with E-state index in [4.69, 9.17) is 0 Å². The Balaban J connectivity index is 2.15. The zero-order valence-electron chi connectivity index (χ0n) is 10.2. The van der Waals surface area contributed by atoms with Gasteiger partial charge in [0.25, 0.3) is 5.56 Å². The predicted molar refractivity (Wildman–Crippen MR) is 68.7 cm³/mol. The van der Waals surface area contributed by atoms with Gasteiger partial charge in [0, 0.05) is 17.4 Å². The molecule has 0 N–H and O–H groups in total. The SMILES string of the molecule is Cc1cc(C2CC2)cn(-c2ccc(F)cc2)c1=O. The van der Waals surface area contributed by atoms with Crippen LogP contribution in [0.25, 0.3) is 5.69 Å². The van der Waals surface area contributed by atoms with Gasteiger partial charge in [0.1, 0.15) is 5.82 Å². The Labute approximate surface area is 105 Å². The quantitative estimate of drug-likeness (QED) is 0.794. The first-order valence-electron chi connectivity index (χ1n) is 6.14. The molecule has 1 heterocycles. The summed E-state index contributed by atoms with van der Waals surface area (Å²) in [6.45, 7) is 1.83. The molecule has 1 saturated carbocycles. The zero-order chi connectivity index (χ0) is 12.7. The molecule has 0 spiro atoms. The lowest BCUT2D eigenvalue weighted by Crippen LogP contribution is -2.20. The van der Waals surface area contributed by atoms with Gasteiger partial charge in [0.2, 0.25) is 0 Å². The van der Waals surface area contributed by atoms with Crippen LogP contribution in [0.1, 0.15) is 29.9 Å². The van der Waals surface area contributed by atoms with E-state index in [-0.39, 0.29) is 11.4 Å². The molecule has 0 radical (unpaired) electrons. The molecule has 0 saturated heterocycles. The summed E-state index contributed by atoms with van der Waals surface area (Å²) < 4.78 is 14.5. The molecule has 0 bridgehead atoms. The first kappa shape index (κ1) is 11.2. The maximum absolute atomic E-state index is 12.9. The average molecular weight is 243 g/mol. The van der Waals surface area contributed by atoms with Crippen LogP contribution in [0.5, 0.6) is 0 Å². The Kier molecular flexibility index (Phi) is 2.54. The van der Waals surface area contributed by atoms with E-state index in [2.05, 4.69) is 0 Å². The Morgan fingerprint density at radius 3 is 2.50 bits per heavy atom. The van der Waals surface area contributed by atoms with E-state index in [9.17, 15) is 9.18 Å². The van der Waals surface area contributed by atoms with E-state index < -0.39 is 0 Å². The van der Waals surface area contributed by atoms with E-state index >= 15 is 0 Å². The van der Waals surface area contributed by atoms with Crippen LogP contribution in [0.2, 0.25) is 0 Å². The molecular formula is C15H14FNO. The van der Waals surface area contributed by atoms with Gasteiger partial charge in [-0.25, -0.2) is 4.39 Å². The van der Waals surface area contributed by atoms with Crippen LogP contribution in [-0.4, -0.2) is 4.57 Å². The van der Waals surface area contributed by atoms with Crippen molar-refractivity contribution < 1.29 is 4.39 Å². The van der Waals surface area contributed by atoms with Gasteiger partial charge in [0.05, 0.1) is 0 Å². The van der Waals surface area contributed by atoms with Crippen LogP contribution in [0, 0.1) is 12.7 Å². The first-order valence-corrected chi connectivity index (χ1v) is 6.14. The second kappa shape index (κ2) is 4.09. The van der Waals surface area contributed by atoms with Gasteiger partial charge in [-0.1, -0.05) is 0 Å². The van der Waals surface area contributed by atoms with Gasteiger partial charge >= 0.3 is 0 Å². The lowest BCUT2D eigenvalue weighted by molar-refractivity contribution is 0.627. The Morgan fingerprint density at radius 2 is 1.89 bits per heavy atom. The van der Waals surface area contributed by atoms with Crippen LogP contribution in [0.15, 0.2) is 41.3 Å². The van der Waals surface area contributed by atoms with E-state index in [1.807, 2.05) is 19.2 Å². The first-order chi connectivity index (χ1) is 8.65. The van der Waals surface area contributed by atoms with E-state index in [1.54, 1.807) is 16.7 Å². The Morgan fingerprint density at radius 1 is 1.22 bits per heavy atom. The second-order valence-electron chi connectivity index (χ2n) is 4.88. The fourth-order valence-corrected chi connectivity index (χ4v) is 2.18. The zero-order valence-corrected chi connectivity index (χ0v) is 10.2. The van der Waals surface area contributed by atoms with Crippen molar-refractivity contribution in [1.82, 2.24) is 4.57 Å². The molecule has 3 rings (SSSR count). The van der Waals surface area contributed by atoms with Gasteiger partial charge in [0.15, 0.2) is 0 Å². The number of nitrogens with zero attached hydrogens (tertiary/aromatic N) is 1. The van der Waals surface area contributed by atoms with Crippen LogP contribution < -0.4 is 5.56 Å². The molecule has 1 aromatic heterocycles. The Hall–Kier alpha value is -1.90. The summed E-state index contributed by atoms with van der Waals surface area (Å²) in [5, 5.41) is 0. The predicted octanol–water partition coefficient (Wildman–Crippen LogP) is 3.16. The summed E-state index contributed by atoms with van der Waals surface area (Å²) in [7, 11) is 0. The molecule has 1 fully saturated rings. The second-order valence-corrected chi connectivity index (χ2v) is 4.88. The lowest BCUT2D eigenvalue weighted by Gasteiger charge is -2.09. The number of hydrogen-bond donors (Lipinski definition) is 0. The summed E-state index contributed by atoms with van der Waals surface area (Å²) in [6.07, 6.45) is 4.28. The minimum Gasteiger partial charge on any atom is -0.284 e. The Bertz CT molecular complexity index is 639. The molecule has 0 atom stereocenters. The van der Waals surface area contributed by atoms with Crippen LogP contribution in [0.4, 0.5) is 4.39 Å². The molecule has 2 nitrogen and oxygen atoms in total. The molecule has 2 aromatic rings. The molecule has 18 heavy (non-hydrogen) atoms. The van der Waals surface area contributed by atoms with Gasteiger partial charge < -0.3 is 0 Å². The summed E-state index contributed by atoms with van der Waals surface area (Å²) in [5.74, 6) is 0.304. The fourth-order valence-electron chi connectivity index (χ4n) is 2.18. The van der Waals surface area contributed by atoms with Crippen LogP contribution in [0.3, 0.4) is 0 Å². The number of aryl methyl sites for hydroxylation is 1. The minimum atomic E-state index is -0.290. The summed E-state index contributed by atoms with van der Waals surface area (Å²) >= 11 is 0. The van der Waals surface area contributed by atoms with Crippen molar-refractivity contribution in [3.8, 4) is 5.69 Å². The summed E-state index contributed by atoms with van der Waals surface area (Å²) in [6, 6.07) is 7.99. The lowest BCUT2D eigenvalue weighted by atomic mass is 10.1. The standard InChI is InChI=1S/C15H14FNO/c1-10-8-12(11-2-3-11)9-17(15(10)18)14-6-4-13(16)5-7-14/h4-9,11H,2-3H2,1H3. The molecular weight excluding hydrogens is 229 g/mol. The van der Waals surface area contributed by atoms with Crippen molar-refractivity contribution in [2.24, 2.45) is 0 Å². The smallest absolute Gasteiger partial charge is 0.257 e. The molecule has 0 amide bonds. The molecule has 1 aromatic carbocycles. The van der Waals surface area contributed by atoms with Crippen molar-refractivity contribution >= 4 is 0 Å². The van der Waals surface area contributed by atoms with Crippen molar-refractivity contribution in [3.05, 3.63) is 63.8 Å². The summed E-state index contributed by atoms with van der Waals surface area (Å²) in [5.41, 5.74) is 2.62. The largest absolute Gasteiger partial charge is 0.284 e. The van der Waals surface area contributed by atoms with Gasteiger partial charge in [-0.05, 0) is 61.6 Å². The molecule has 0 unspecified atom stereocenters. The molecule has 0 aliphatic heterocycles. The average Bonchev–Trinajstić information content (AvgIpc) is 3.18. The van der Waals surface area contributed by atoms with Crippen LogP contribution in [-0.2, 0) is 0 Å². The third-order valence-corrected chi connectivity index (χ3v) is 3.37. The number of halogens is 1. The normalized spacial score (nSPS) is 14.8. The van der Waals surface area contributed by atoms with Crippen molar-refractivity contribution in [2.45, 2.75) is 25.7 Å². The van der Waals surface area contributed by atoms with E-state index in [1.165, 1.54) is 30.5 Å². The van der Waals surface area contributed by atoms with Crippen molar-refractivity contribution in [1.29, 1.82) is 0 Å². The molecule has 1 aliphatic rings. The third kappa shape index (κ3) is 1.96. The fraction of sp³-hybridized carbons (Fsp3) is 0.267. The number of rotatable bonds is 2. The summed E-state index contributed by atoms with van der Waals surface area (Å²) in [4.78, 5) is 12.1. The van der Waals surface area contributed by atoms with Gasteiger partial charge in [-0.2, -0.15) is 0 Å². The topological polar surface area (TPSA) is 22.0 Å². The number of benzene rings is 1. The van der Waals surface area contributed by atoms with Gasteiger partial charge in [-0.3, -0.25) is 9.36 Å². The molecule has 92 valence electrons.